The van der Waals surface area contributed by atoms with E-state index in [1.54, 1.807) is 17.5 Å². The minimum Gasteiger partial charge on any atom is -0.464 e. The smallest absolute Gasteiger partial charge is 0.356 e. The predicted octanol–water partition coefficient (Wildman–Crippen LogP) is 5.18. The highest BCUT2D eigenvalue weighted by atomic mass is 32.1. The van der Waals surface area contributed by atoms with E-state index in [9.17, 15) is 9.59 Å². The normalized spacial score (nSPS) is 11.1. The molecule has 5 aromatic rings. The molecule has 1 amide bonds. The van der Waals surface area contributed by atoms with Crippen molar-refractivity contribution in [3.63, 3.8) is 0 Å². The zero-order valence-corrected chi connectivity index (χ0v) is 20.2. The molecule has 0 fully saturated rings. The van der Waals surface area contributed by atoms with Gasteiger partial charge in [-0.25, -0.2) is 9.78 Å². The maximum Gasteiger partial charge on any atom is 0.356 e. The number of amides is 1. The Bertz CT molecular complexity index is 1520. The van der Waals surface area contributed by atoms with E-state index in [0.29, 0.717) is 36.2 Å². The first kappa shape index (κ1) is 22.7. The number of anilines is 2. The lowest BCUT2D eigenvalue weighted by molar-refractivity contribution is -0.114. The first-order valence-corrected chi connectivity index (χ1v) is 12.2. The van der Waals surface area contributed by atoms with Crippen LogP contribution in [-0.2, 0) is 29.0 Å². The number of pyridine rings is 1. The summed E-state index contributed by atoms with van der Waals surface area (Å²) < 4.78 is 6.93. The number of nitrogens with zero attached hydrogens (tertiary/aromatic N) is 2. The molecule has 0 spiro atoms. The Morgan fingerprint density at radius 1 is 1.20 bits per heavy atom. The van der Waals surface area contributed by atoms with Gasteiger partial charge < -0.3 is 24.9 Å². The van der Waals surface area contributed by atoms with Crippen LogP contribution in [0.25, 0.3) is 21.9 Å². The molecule has 9 heteroatoms. The molecule has 0 radical (unpaired) electrons. The van der Waals surface area contributed by atoms with E-state index in [4.69, 9.17) is 4.74 Å². The number of aromatic amines is 1. The van der Waals surface area contributed by atoms with Gasteiger partial charge in [0.25, 0.3) is 0 Å². The Morgan fingerprint density at radius 2 is 2.06 bits per heavy atom. The molecule has 178 valence electrons. The lowest BCUT2D eigenvalue weighted by Crippen LogP contribution is -2.16. The number of hydrogen-bond donors (Lipinski definition) is 3. The fourth-order valence-corrected chi connectivity index (χ4v) is 4.99. The highest BCUT2D eigenvalue weighted by Crippen LogP contribution is 2.33. The summed E-state index contributed by atoms with van der Waals surface area (Å²) in [5, 5.41) is 12.1. The molecule has 3 N–H and O–H groups in total. The van der Waals surface area contributed by atoms with Crippen molar-refractivity contribution in [1.29, 1.82) is 0 Å². The number of carbonyl (C=O) groups is 2. The van der Waals surface area contributed by atoms with Crippen molar-refractivity contribution in [2.24, 2.45) is 0 Å². The number of fused-ring (bicyclic) bond motifs is 2. The molecule has 4 heterocycles. The van der Waals surface area contributed by atoms with Gasteiger partial charge >= 0.3 is 5.97 Å². The maximum atomic E-state index is 12.9. The molecule has 5 rings (SSSR count). The van der Waals surface area contributed by atoms with E-state index in [0.717, 1.165) is 22.2 Å². The van der Waals surface area contributed by atoms with E-state index in [1.165, 1.54) is 19.6 Å². The quantitative estimate of drug-likeness (QED) is 0.262. The number of aryl methyl sites for hydroxylation is 2. The molecule has 0 aliphatic carbocycles. The predicted molar refractivity (Wildman–Crippen MR) is 139 cm³/mol. The first-order chi connectivity index (χ1) is 17.0. The highest BCUT2D eigenvalue weighted by Gasteiger charge is 2.25. The Hall–Kier alpha value is -4.11. The van der Waals surface area contributed by atoms with Crippen LogP contribution in [0.5, 0.6) is 0 Å². The number of ether oxygens (including phenoxy) is 1. The van der Waals surface area contributed by atoms with Crippen LogP contribution in [0.15, 0.2) is 59.6 Å². The molecule has 0 saturated heterocycles. The van der Waals surface area contributed by atoms with E-state index < -0.39 is 5.97 Å². The third-order valence-corrected chi connectivity index (χ3v) is 6.67. The number of hydrogen-bond acceptors (Lipinski definition) is 6. The van der Waals surface area contributed by atoms with Gasteiger partial charge in [-0.05, 0) is 46.5 Å². The molecule has 0 unspecified atom stereocenters. The Balaban J connectivity index is 1.56. The van der Waals surface area contributed by atoms with Crippen LogP contribution < -0.4 is 10.6 Å². The number of para-hydroxylation sites is 1. The average molecular weight is 488 g/mol. The molecular weight excluding hydrogens is 462 g/mol. The topological polar surface area (TPSA) is 101 Å². The van der Waals surface area contributed by atoms with E-state index in [1.807, 2.05) is 40.4 Å². The van der Waals surface area contributed by atoms with E-state index in [2.05, 4.69) is 38.1 Å². The third kappa shape index (κ3) is 4.50. The summed E-state index contributed by atoms with van der Waals surface area (Å²) in [6.07, 6.45) is 4.40. The van der Waals surface area contributed by atoms with Gasteiger partial charge in [-0.2, -0.15) is 11.3 Å². The molecule has 0 bridgehead atoms. The van der Waals surface area contributed by atoms with Crippen LogP contribution >= 0.6 is 11.3 Å². The van der Waals surface area contributed by atoms with Gasteiger partial charge in [0.2, 0.25) is 5.91 Å². The maximum absolute atomic E-state index is 12.9. The SMILES string of the molecule is COC(=O)c1c(NC(C)=O)c2cc(NCc3ccsc3)cnc2n1CCc1c[nH]c2ccccc12. The summed E-state index contributed by atoms with van der Waals surface area (Å²) in [5.41, 5.74) is 5.45. The summed E-state index contributed by atoms with van der Waals surface area (Å²) >= 11 is 1.64. The van der Waals surface area contributed by atoms with Gasteiger partial charge in [0.1, 0.15) is 5.65 Å². The van der Waals surface area contributed by atoms with Crippen molar-refractivity contribution in [1.82, 2.24) is 14.5 Å². The second-order valence-corrected chi connectivity index (χ2v) is 9.02. The number of aromatic nitrogens is 3. The number of rotatable bonds is 8. The Kier molecular flexibility index (Phi) is 6.24. The summed E-state index contributed by atoms with van der Waals surface area (Å²) in [7, 11) is 1.34. The van der Waals surface area contributed by atoms with Crippen molar-refractivity contribution in [2.75, 3.05) is 17.7 Å². The van der Waals surface area contributed by atoms with E-state index >= 15 is 0 Å². The number of methoxy groups -OCH3 is 1. The van der Waals surface area contributed by atoms with Gasteiger partial charge in [0.15, 0.2) is 5.69 Å². The van der Waals surface area contributed by atoms with Crippen LogP contribution in [0.3, 0.4) is 0 Å². The summed E-state index contributed by atoms with van der Waals surface area (Å²) in [6.45, 7) is 2.55. The zero-order valence-electron chi connectivity index (χ0n) is 19.4. The minimum absolute atomic E-state index is 0.275. The van der Waals surface area contributed by atoms with E-state index in [-0.39, 0.29) is 11.6 Å². The number of H-pyrrole nitrogens is 1. The Morgan fingerprint density at radius 3 is 2.83 bits per heavy atom. The largest absolute Gasteiger partial charge is 0.464 e. The first-order valence-electron chi connectivity index (χ1n) is 11.2. The molecule has 0 aliphatic rings. The molecular formula is C26H25N5O3S. The number of benzene rings is 1. The fourth-order valence-electron chi connectivity index (χ4n) is 4.32. The van der Waals surface area contributed by atoms with Crippen LogP contribution in [-0.4, -0.2) is 33.5 Å². The van der Waals surface area contributed by atoms with Gasteiger partial charge in [-0.1, -0.05) is 18.2 Å². The van der Waals surface area contributed by atoms with Crippen molar-refractivity contribution in [2.45, 2.75) is 26.4 Å². The summed E-state index contributed by atoms with van der Waals surface area (Å²) in [5.74, 6) is -0.805. The molecule has 0 aliphatic heterocycles. The second-order valence-electron chi connectivity index (χ2n) is 8.24. The monoisotopic (exact) mass is 487 g/mol. The number of esters is 1. The third-order valence-electron chi connectivity index (χ3n) is 5.93. The standard InChI is InChI=1S/C26H25N5O3S/c1-16(32)30-23-21-11-19(27-12-17-8-10-35-15-17)14-29-25(21)31(24(23)26(33)34-2)9-7-18-13-28-22-6-4-3-5-20(18)22/h3-6,8,10-11,13-15,27-28H,7,9,12H2,1-2H3,(H,30,32). The summed E-state index contributed by atoms with van der Waals surface area (Å²) in [4.78, 5) is 33.0. The van der Waals surface area contributed by atoms with Gasteiger partial charge in [-0.15, -0.1) is 0 Å². The molecule has 0 atom stereocenters. The van der Waals surface area contributed by atoms with Crippen LogP contribution in [0.1, 0.15) is 28.5 Å². The summed E-state index contributed by atoms with van der Waals surface area (Å²) in [6, 6.07) is 12.1. The van der Waals surface area contributed by atoms with Crippen molar-refractivity contribution in [3.8, 4) is 0 Å². The number of carbonyl (C=O) groups excluding carboxylic acids is 2. The van der Waals surface area contributed by atoms with Gasteiger partial charge in [0.05, 0.1) is 24.7 Å². The molecule has 0 saturated carbocycles. The van der Waals surface area contributed by atoms with Gasteiger partial charge in [0, 0.05) is 42.5 Å². The molecule has 4 aromatic heterocycles. The molecule has 35 heavy (non-hydrogen) atoms. The fraction of sp³-hybridized carbons (Fsp3) is 0.192. The van der Waals surface area contributed by atoms with Crippen molar-refractivity contribution >= 4 is 56.5 Å². The average Bonchev–Trinajstić information content (AvgIpc) is 3.59. The van der Waals surface area contributed by atoms with Crippen LogP contribution in [0, 0.1) is 0 Å². The minimum atomic E-state index is -0.529. The van der Waals surface area contributed by atoms with Gasteiger partial charge in [-0.3, -0.25) is 4.79 Å². The zero-order chi connectivity index (χ0) is 24.4. The van der Waals surface area contributed by atoms with Crippen molar-refractivity contribution in [3.05, 3.63) is 76.4 Å². The number of nitrogens with one attached hydrogen (secondary N) is 3. The highest BCUT2D eigenvalue weighted by molar-refractivity contribution is 7.07. The lowest BCUT2D eigenvalue weighted by atomic mass is 10.1. The lowest BCUT2D eigenvalue weighted by Gasteiger charge is -2.10. The Labute approximate surface area is 205 Å². The second kappa shape index (κ2) is 9.63. The molecule has 1 aromatic carbocycles. The van der Waals surface area contributed by atoms with Crippen molar-refractivity contribution < 1.29 is 14.3 Å². The molecule has 8 nitrogen and oxygen atoms in total. The van der Waals surface area contributed by atoms with Crippen LogP contribution in [0.4, 0.5) is 11.4 Å². The number of thiophene rings is 1. The van der Waals surface area contributed by atoms with Crippen LogP contribution in [0.2, 0.25) is 0 Å².